The second-order valence-electron chi connectivity index (χ2n) is 6.74. The number of rotatable bonds is 7. The topological polar surface area (TPSA) is 46.3 Å². The number of hydrogen-bond donors (Lipinski definition) is 1. The number of amides is 1. The molecule has 3 heteroatoms. The number of carbonyl (C=O) groups excluding carboxylic acids is 1. The molecule has 0 spiro atoms. The van der Waals surface area contributed by atoms with Crippen molar-refractivity contribution in [3.63, 3.8) is 0 Å². The van der Waals surface area contributed by atoms with E-state index < -0.39 is 0 Å². The first kappa shape index (κ1) is 18.2. The minimum Gasteiger partial charge on any atom is -0.342 e. The van der Waals surface area contributed by atoms with E-state index in [2.05, 4.69) is 26.0 Å². The Bertz CT molecular complexity index is 652. The average Bonchev–Trinajstić information content (AvgIpc) is 2.60. The van der Waals surface area contributed by atoms with E-state index >= 15 is 0 Å². The molecule has 2 aromatic rings. The number of hydrogen-bond acceptors (Lipinski definition) is 2. The molecule has 0 bridgehead atoms. The maximum absolute atomic E-state index is 12.8. The summed E-state index contributed by atoms with van der Waals surface area (Å²) >= 11 is 0. The van der Waals surface area contributed by atoms with Crippen molar-refractivity contribution in [2.75, 3.05) is 13.6 Å². The molecule has 1 unspecified atom stereocenters. The van der Waals surface area contributed by atoms with E-state index in [0.717, 1.165) is 24.0 Å². The van der Waals surface area contributed by atoms with Gasteiger partial charge in [-0.1, -0.05) is 62.4 Å². The van der Waals surface area contributed by atoms with Crippen molar-refractivity contribution in [2.24, 2.45) is 11.7 Å². The lowest BCUT2D eigenvalue weighted by Crippen LogP contribution is -2.35. The summed E-state index contributed by atoms with van der Waals surface area (Å²) in [6.07, 6.45) is 1.59. The van der Waals surface area contributed by atoms with Gasteiger partial charge in [0.25, 0.3) is 5.91 Å². The summed E-state index contributed by atoms with van der Waals surface area (Å²) in [5, 5.41) is 0. The predicted molar refractivity (Wildman–Crippen MR) is 100 cm³/mol. The molecule has 3 nitrogen and oxygen atoms in total. The van der Waals surface area contributed by atoms with Gasteiger partial charge in [-0.2, -0.15) is 0 Å². The quantitative estimate of drug-likeness (QED) is 0.843. The van der Waals surface area contributed by atoms with Crippen molar-refractivity contribution >= 4 is 5.91 Å². The summed E-state index contributed by atoms with van der Waals surface area (Å²) in [7, 11) is 1.86. The Hall–Kier alpha value is -2.13. The molecule has 0 aliphatic heterocycles. The molecule has 2 N–H and O–H groups in total. The molecule has 0 aliphatic carbocycles. The van der Waals surface area contributed by atoms with Gasteiger partial charge >= 0.3 is 0 Å². The van der Waals surface area contributed by atoms with E-state index in [-0.39, 0.29) is 11.9 Å². The van der Waals surface area contributed by atoms with Gasteiger partial charge in [0.1, 0.15) is 0 Å². The lowest BCUT2D eigenvalue weighted by Gasteiger charge is -2.22. The zero-order valence-corrected chi connectivity index (χ0v) is 14.9. The molecule has 0 heterocycles. The highest BCUT2D eigenvalue weighted by Gasteiger charge is 2.17. The van der Waals surface area contributed by atoms with Gasteiger partial charge in [-0.3, -0.25) is 4.79 Å². The van der Waals surface area contributed by atoms with Crippen molar-refractivity contribution in [3.05, 3.63) is 71.3 Å². The molecule has 24 heavy (non-hydrogen) atoms. The van der Waals surface area contributed by atoms with Crippen LogP contribution < -0.4 is 5.73 Å². The van der Waals surface area contributed by atoms with Crippen LogP contribution in [0.1, 0.15) is 41.8 Å². The SMILES string of the molecule is CC(C)C(N)CCN(C)C(=O)c1ccccc1Cc1ccccc1. The second-order valence-corrected chi connectivity index (χ2v) is 6.74. The number of nitrogens with zero attached hydrogens (tertiary/aromatic N) is 1. The van der Waals surface area contributed by atoms with Crippen LogP contribution in [-0.4, -0.2) is 30.4 Å². The molecule has 1 atom stereocenters. The Balaban J connectivity index is 2.09. The number of carbonyl (C=O) groups is 1. The van der Waals surface area contributed by atoms with E-state index in [1.54, 1.807) is 4.90 Å². The molecule has 0 saturated heterocycles. The fraction of sp³-hybridized carbons (Fsp3) is 0.381. The Morgan fingerprint density at radius 1 is 1.04 bits per heavy atom. The molecule has 128 valence electrons. The largest absolute Gasteiger partial charge is 0.342 e. The Morgan fingerprint density at radius 2 is 1.67 bits per heavy atom. The van der Waals surface area contributed by atoms with Gasteiger partial charge in [-0.15, -0.1) is 0 Å². The fourth-order valence-corrected chi connectivity index (χ4v) is 2.68. The molecule has 2 rings (SSSR count). The Labute approximate surface area is 145 Å². The van der Waals surface area contributed by atoms with Crippen molar-refractivity contribution in [2.45, 2.75) is 32.7 Å². The van der Waals surface area contributed by atoms with Crippen LogP contribution in [0.3, 0.4) is 0 Å². The highest BCUT2D eigenvalue weighted by atomic mass is 16.2. The summed E-state index contributed by atoms with van der Waals surface area (Å²) in [6, 6.07) is 18.2. The summed E-state index contributed by atoms with van der Waals surface area (Å²) in [6.45, 7) is 4.90. The summed E-state index contributed by atoms with van der Waals surface area (Å²) in [5.74, 6) is 0.497. The van der Waals surface area contributed by atoms with Crippen LogP contribution in [0.4, 0.5) is 0 Å². The molecule has 0 aromatic heterocycles. The van der Waals surface area contributed by atoms with Gasteiger partial charge in [-0.05, 0) is 36.0 Å². The molecular weight excluding hydrogens is 296 g/mol. The average molecular weight is 324 g/mol. The third kappa shape index (κ3) is 4.93. The van der Waals surface area contributed by atoms with E-state index in [1.807, 2.05) is 49.5 Å². The molecule has 0 aliphatic rings. The summed E-state index contributed by atoms with van der Waals surface area (Å²) in [5.41, 5.74) is 9.15. The van der Waals surface area contributed by atoms with Gasteiger partial charge in [0.15, 0.2) is 0 Å². The van der Waals surface area contributed by atoms with Crippen molar-refractivity contribution in [1.82, 2.24) is 4.90 Å². The van der Waals surface area contributed by atoms with Crippen molar-refractivity contribution < 1.29 is 4.79 Å². The van der Waals surface area contributed by atoms with Crippen LogP contribution in [0.15, 0.2) is 54.6 Å². The highest BCUT2D eigenvalue weighted by Crippen LogP contribution is 2.16. The first-order valence-electron chi connectivity index (χ1n) is 8.62. The first-order chi connectivity index (χ1) is 11.5. The van der Waals surface area contributed by atoms with Gasteiger partial charge in [0.05, 0.1) is 0 Å². The lowest BCUT2D eigenvalue weighted by molar-refractivity contribution is 0.0788. The minimum atomic E-state index is 0.0671. The maximum atomic E-state index is 12.8. The summed E-state index contributed by atoms with van der Waals surface area (Å²) in [4.78, 5) is 14.6. The van der Waals surface area contributed by atoms with Crippen molar-refractivity contribution in [1.29, 1.82) is 0 Å². The third-order valence-electron chi connectivity index (χ3n) is 4.49. The van der Waals surface area contributed by atoms with Gasteiger partial charge < -0.3 is 10.6 Å². The zero-order valence-electron chi connectivity index (χ0n) is 14.9. The molecule has 0 fully saturated rings. The fourth-order valence-electron chi connectivity index (χ4n) is 2.68. The van der Waals surface area contributed by atoms with Crippen LogP contribution in [0, 0.1) is 5.92 Å². The standard InChI is InChI=1S/C21H28N2O/c1-16(2)20(22)13-14-23(3)21(24)19-12-8-7-11-18(19)15-17-9-5-4-6-10-17/h4-12,16,20H,13-15,22H2,1-3H3. The molecule has 0 radical (unpaired) electrons. The Morgan fingerprint density at radius 3 is 2.33 bits per heavy atom. The third-order valence-corrected chi connectivity index (χ3v) is 4.49. The number of nitrogens with two attached hydrogens (primary N) is 1. The van der Waals surface area contributed by atoms with E-state index in [4.69, 9.17) is 5.73 Å². The molecular formula is C21H28N2O. The maximum Gasteiger partial charge on any atom is 0.253 e. The minimum absolute atomic E-state index is 0.0671. The molecule has 0 saturated carbocycles. The van der Waals surface area contributed by atoms with E-state index in [0.29, 0.717) is 12.5 Å². The predicted octanol–water partition coefficient (Wildman–Crippen LogP) is 3.72. The smallest absolute Gasteiger partial charge is 0.253 e. The van der Waals surface area contributed by atoms with Crippen molar-refractivity contribution in [3.8, 4) is 0 Å². The van der Waals surface area contributed by atoms with E-state index in [9.17, 15) is 4.79 Å². The zero-order chi connectivity index (χ0) is 17.5. The van der Waals surface area contributed by atoms with Crippen LogP contribution >= 0.6 is 0 Å². The van der Waals surface area contributed by atoms with Crippen LogP contribution in [-0.2, 0) is 6.42 Å². The Kier molecular flexibility index (Phi) is 6.56. The lowest BCUT2D eigenvalue weighted by atomic mass is 9.98. The molecule has 1 amide bonds. The van der Waals surface area contributed by atoms with Gasteiger partial charge in [0.2, 0.25) is 0 Å². The highest BCUT2D eigenvalue weighted by molar-refractivity contribution is 5.95. The van der Waals surface area contributed by atoms with Gasteiger partial charge in [0, 0.05) is 25.2 Å². The first-order valence-corrected chi connectivity index (χ1v) is 8.62. The second kappa shape index (κ2) is 8.65. The monoisotopic (exact) mass is 324 g/mol. The van der Waals surface area contributed by atoms with Gasteiger partial charge in [-0.25, -0.2) is 0 Å². The summed E-state index contributed by atoms with van der Waals surface area (Å²) < 4.78 is 0. The van der Waals surface area contributed by atoms with Crippen LogP contribution in [0.2, 0.25) is 0 Å². The van der Waals surface area contributed by atoms with Crippen LogP contribution in [0.5, 0.6) is 0 Å². The normalized spacial score (nSPS) is 12.2. The van der Waals surface area contributed by atoms with E-state index in [1.165, 1.54) is 5.56 Å². The molecule has 2 aromatic carbocycles. The number of benzene rings is 2. The van der Waals surface area contributed by atoms with Crippen LogP contribution in [0.25, 0.3) is 0 Å².